The number of hydrogen-bond donors (Lipinski definition) is 1. The number of phenols is 1. The molecule has 0 saturated carbocycles. The summed E-state index contributed by atoms with van der Waals surface area (Å²) in [6.07, 6.45) is 3.14. The Kier molecular flexibility index (Phi) is 6.52. The smallest absolute Gasteiger partial charge is 0.185 e. The number of aromatic hydroxyl groups is 1. The Labute approximate surface area is 172 Å². The predicted molar refractivity (Wildman–Crippen MR) is 110 cm³/mol. The Bertz CT molecular complexity index is 1050. The molecule has 0 amide bonds. The third-order valence-corrected chi connectivity index (χ3v) is 4.46. The molecule has 0 atom stereocenters. The number of ketones is 1. The fourth-order valence-corrected chi connectivity index (χ4v) is 2.88. The van der Waals surface area contributed by atoms with Crippen molar-refractivity contribution in [2.75, 3.05) is 7.11 Å². The average molecular weight is 413 g/mol. The number of ether oxygens (including phenoxy) is 2. The van der Waals surface area contributed by atoms with Crippen LogP contribution >= 0.6 is 11.6 Å². The van der Waals surface area contributed by atoms with Gasteiger partial charge in [-0.25, -0.2) is 4.39 Å². The number of methoxy groups -OCH3 is 1. The van der Waals surface area contributed by atoms with Gasteiger partial charge in [-0.2, -0.15) is 0 Å². The van der Waals surface area contributed by atoms with Crippen molar-refractivity contribution >= 4 is 23.5 Å². The van der Waals surface area contributed by atoms with E-state index in [2.05, 4.69) is 0 Å². The molecule has 0 aliphatic heterocycles. The molecule has 3 rings (SSSR count). The van der Waals surface area contributed by atoms with E-state index in [0.717, 1.165) is 11.1 Å². The van der Waals surface area contributed by atoms with E-state index >= 15 is 0 Å². The lowest BCUT2D eigenvalue weighted by Crippen LogP contribution is -2.00. The molecule has 4 nitrogen and oxygen atoms in total. The Hall–Kier alpha value is -3.31. The SMILES string of the molecule is COc1ccc(/C=C/C(=O)c2ccc(O)cc2)cc1COc1ccc(F)cc1Cl. The normalized spacial score (nSPS) is 10.9. The maximum Gasteiger partial charge on any atom is 0.185 e. The zero-order chi connectivity index (χ0) is 20.8. The van der Waals surface area contributed by atoms with Crippen molar-refractivity contribution in [2.24, 2.45) is 0 Å². The van der Waals surface area contributed by atoms with Crippen molar-refractivity contribution in [3.05, 3.63) is 94.3 Å². The first-order valence-electron chi connectivity index (χ1n) is 8.72. The van der Waals surface area contributed by atoms with E-state index in [1.165, 1.54) is 36.4 Å². The first kappa shape index (κ1) is 20.4. The number of phenolic OH excluding ortho intramolecular Hbond substituents is 1. The number of benzene rings is 3. The highest BCUT2D eigenvalue weighted by molar-refractivity contribution is 6.32. The quantitative estimate of drug-likeness (QED) is 0.401. The maximum atomic E-state index is 13.2. The number of carbonyl (C=O) groups is 1. The second kappa shape index (κ2) is 9.26. The summed E-state index contributed by atoms with van der Waals surface area (Å²) < 4.78 is 24.2. The minimum atomic E-state index is -0.439. The lowest BCUT2D eigenvalue weighted by molar-refractivity contribution is 0.104. The number of hydrogen-bond acceptors (Lipinski definition) is 4. The van der Waals surface area contributed by atoms with Crippen LogP contribution in [-0.4, -0.2) is 18.0 Å². The van der Waals surface area contributed by atoms with Gasteiger partial charge in [-0.05, 0) is 66.2 Å². The Balaban J connectivity index is 1.75. The Morgan fingerprint density at radius 2 is 1.79 bits per heavy atom. The van der Waals surface area contributed by atoms with Crippen LogP contribution in [0.15, 0.2) is 66.7 Å². The van der Waals surface area contributed by atoms with Gasteiger partial charge >= 0.3 is 0 Å². The van der Waals surface area contributed by atoms with Crippen LogP contribution < -0.4 is 9.47 Å². The zero-order valence-electron chi connectivity index (χ0n) is 15.6. The number of carbonyl (C=O) groups excluding carboxylic acids is 1. The summed E-state index contributed by atoms with van der Waals surface area (Å²) in [6, 6.07) is 15.4. The van der Waals surface area contributed by atoms with Gasteiger partial charge < -0.3 is 14.6 Å². The van der Waals surface area contributed by atoms with Gasteiger partial charge in [-0.3, -0.25) is 4.79 Å². The van der Waals surface area contributed by atoms with Crippen molar-refractivity contribution in [3.63, 3.8) is 0 Å². The van der Waals surface area contributed by atoms with Gasteiger partial charge in [0.2, 0.25) is 0 Å². The average Bonchev–Trinajstić information content (AvgIpc) is 2.72. The summed E-state index contributed by atoms with van der Waals surface area (Å²) >= 11 is 5.99. The second-order valence-corrected chi connectivity index (χ2v) is 6.59. The highest BCUT2D eigenvalue weighted by Gasteiger charge is 2.08. The topological polar surface area (TPSA) is 55.8 Å². The predicted octanol–water partition coefficient (Wildman–Crippen LogP) is 5.67. The molecule has 3 aromatic rings. The third-order valence-electron chi connectivity index (χ3n) is 4.16. The Morgan fingerprint density at radius 3 is 2.48 bits per heavy atom. The highest BCUT2D eigenvalue weighted by atomic mass is 35.5. The monoisotopic (exact) mass is 412 g/mol. The number of allylic oxidation sites excluding steroid dienone is 1. The molecule has 0 heterocycles. The van der Waals surface area contributed by atoms with E-state index in [-0.39, 0.29) is 23.2 Å². The van der Waals surface area contributed by atoms with E-state index in [4.69, 9.17) is 21.1 Å². The molecule has 0 aliphatic carbocycles. The van der Waals surface area contributed by atoms with E-state index < -0.39 is 5.82 Å². The number of rotatable bonds is 7. The van der Waals surface area contributed by atoms with Crippen LogP contribution in [-0.2, 0) is 6.61 Å². The fraction of sp³-hybridized carbons (Fsp3) is 0.0870. The molecule has 1 N–H and O–H groups in total. The van der Waals surface area contributed by atoms with Crippen LogP contribution in [0.3, 0.4) is 0 Å². The molecule has 0 fully saturated rings. The minimum absolute atomic E-state index is 0.103. The van der Waals surface area contributed by atoms with Crippen LogP contribution in [0.25, 0.3) is 6.08 Å². The summed E-state index contributed by atoms with van der Waals surface area (Å²) in [6.45, 7) is 0.155. The van der Waals surface area contributed by atoms with Crippen LogP contribution in [0.2, 0.25) is 5.02 Å². The van der Waals surface area contributed by atoms with Crippen molar-refractivity contribution in [2.45, 2.75) is 6.61 Å². The largest absolute Gasteiger partial charge is 0.508 e. The van der Waals surface area contributed by atoms with Crippen LogP contribution in [0.4, 0.5) is 4.39 Å². The Morgan fingerprint density at radius 1 is 1.07 bits per heavy atom. The van der Waals surface area contributed by atoms with Crippen LogP contribution in [0.1, 0.15) is 21.5 Å². The summed E-state index contributed by atoms with van der Waals surface area (Å²) in [5.41, 5.74) is 2.00. The lowest BCUT2D eigenvalue weighted by atomic mass is 10.1. The molecule has 0 radical (unpaired) electrons. The molecule has 0 aromatic heterocycles. The van der Waals surface area contributed by atoms with Crippen molar-refractivity contribution < 1.29 is 23.8 Å². The minimum Gasteiger partial charge on any atom is -0.508 e. The first-order chi connectivity index (χ1) is 14.0. The third kappa shape index (κ3) is 5.36. The highest BCUT2D eigenvalue weighted by Crippen LogP contribution is 2.28. The summed E-state index contributed by atoms with van der Waals surface area (Å²) in [7, 11) is 1.55. The molecule has 0 saturated heterocycles. The van der Waals surface area contributed by atoms with Gasteiger partial charge in [0.15, 0.2) is 5.78 Å². The van der Waals surface area contributed by atoms with Gasteiger partial charge in [0, 0.05) is 11.1 Å². The molecule has 29 heavy (non-hydrogen) atoms. The summed E-state index contributed by atoms with van der Waals surface area (Å²) in [5, 5.41) is 9.49. The molecule has 0 spiro atoms. The van der Waals surface area contributed by atoms with Crippen LogP contribution in [0, 0.1) is 5.82 Å². The van der Waals surface area contributed by atoms with E-state index in [9.17, 15) is 14.3 Å². The van der Waals surface area contributed by atoms with Gasteiger partial charge in [-0.15, -0.1) is 0 Å². The molecule has 148 valence electrons. The van der Waals surface area contributed by atoms with Crippen molar-refractivity contribution in [1.82, 2.24) is 0 Å². The van der Waals surface area contributed by atoms with E-state index in [0.29, 0.717) is 17.1 Å². The standard InChI is InChI=1S/C23H18ClFO4/c1-28-22-10-3-15(2-9-21(27)16-4-7-19(26)8-5-16)12-17(22)14-29-23-11-6-18(25)13-20(23)24/h2-13,26H,14H2,1H3/b9-2+. The van der Waals surface area contributed by atoms with Gasteiger partial charge in [0.25, 0.3) is 0 Å². The van der Waals surface area contributed by atoms with E-state index in [1.807, 2.05) is 12.1 Å². The number of halogens is 2. The van der Waals surface area contributed by atoms with Crippen molar-refractivity contribution in [1.29, 1.82) is 0 Å². The maximum absolute atomic E-state index is 13.2. The lowest BCUT2D eigenvalue weighted by Gasteiger charge is -2.12. The molecule has 0 bridgehead atoms. The molecular formula is C23H18ClFO4. The van der Waals surface area contributed by atoms with Gasteiger partial charge in [0.1, 0.15) is 29.7 Å². The van der Waals surface area contributed by atoms with Gasteiger partial charge in [0.05, 0.1) is 12.1 Å². The van der Waals surface area contributed by atoms with E-state index in [1.54, 1.807) is 31.4 Å². The molecule has 6 heteroatoms. The summed E-state index contributed by atoms with van der Waals surface area (Å²) in [5.74, 6) is 0.456. The first-order valence-corrected chi connectivity index (χ1v) is 9.10. The molecule has 0 unspecified atom stereocenters. The molecular weight excluding hydrogens is 395 g/mol. The molecule has 0 aliphatic rings. The fourth-order valence-electron chi connectivity index (χ4n) is 2.66. The second-order valence-electron chi connectivity index (χ2n) is 6.18. The van der Waals surface area contributed by atoms with Crippen LogP contribution in [0.5, 0.6) is 17.2 Å². The van der Waals surface area contributed by atoms with Crippen molar-refractivity contribution in [3.8, 4) is 17.2 Å². The zero-order valence-corrected chi connectivity index (χ0v) is 16.3. The molecule has 3 aromatic carbocycles. The van der Waals surface area contributed by atoms with Gasteiger partial charge in [-0.1, -0.05) is 23.7 Å². The summed E-state index contributed by atoms with van der Waals surface area (Å²) in [4.78, 5) is 12.2.